The fourth-order valence-electron chi connectivity index (χ4n) is 2.11. The summed E-state index contributed by atoms with van der Waals surface area (Å²) in [6.07, 6.45) is 1.62. The molecule has 0 aliphatic carbocycles. The number of esters is 1. The van der Waals surface area contributed by atoms with Crippen molar-refractivity contribution >= 4 is 12.1 Å². The van der Waals surface area contributed by atoms with Crippen LogP contribution in [0.2, 0.25) is 0 Å². The zero-order valence-electron chi connectivity index (χ0n) is 17.7. The van der Waals surface area contributed by atoms with E-state index in [1.54, 1.807) is 34.6 Å². The lowest BCUT2D eigenvalue weighted by Gasteiger charge is -2.31. The Hall–Kier alpha value is -1.38. The molecule has 0 saturated heterocycles. The Labute approximate surface area is 163 Å². The number of hydrogen-bond donors (Lipinski definition) is 2. The molecule has 160 valence electrons. The summed E-state index contributed by atoms with van der Waals surface area (Å²) in [7, 11) is 0. The van der Waals surface area contributed by atoms with E-state index in [1.807, 2.05) is 6.92 Å². The van der Waals surface area contributed by atoms with Gasteiger partial charge in [-0.15, -0.1) is 0 Å². The van der Waals surface area contributed by atoms with Gasteiger partial charge in [0.15, 0.2) is 5.60 Å². The van der Waals surface area contributed by atoms with Gasteiger partial charge in [0.25, 0.3) is 0 Å². The van der Waals surface area contributed by atoms with Crippen LogP contribution in [-0.4, -0.2) is 55.2 Å². The first kappa shape index (κ1) is 25.6. The molecular weight excluding hydrogens is 352 g/mol. The van der Waals surface area contributed by atoms with E-state index in [4.69, 9.17) is 30.4 Å². The van der Waals surface area contributed by atoms with Crippen LogP contribution in [0.5, 0.6) is 0 Å². The van der Waals surface area contributed by atoms with Crippen LogP contribution >= 0.6 is 0 Å². The van der Waals surface area contributed by atoms with Crippen molar-refractivity contribution in [2.45, 2.75) is 90.6 Å². The molecule has 0 amide bonds. The van der Waals surface area contributed by atoms with E-state index in [2.05, 4.69) is 0 Å². The van der Waals surface area contributed by atoms with Gasteiger partial charge in [-0.05, 0) is 80.3 Å². The third-order valence-electron chi connectivity index (χ3n) is 3.87. The molecule has 8 heteroatoms. The van der Waals surface area contributed by atoms with Gasteiger partial charge in [-0.2, -0.15) is 0 Å². The smallest absolute Gasteiger partial charge is 0.461 e. The summed E-state index contributed by atoms with van der Waals surface area (Å²) in [5.74, 6) is -0.471. The molecule has 0 saturated carbocycles. The molecule has 0 fully saturated rings. The number of carbonyl (C=O) groups is 2. The van der Waals surface area contributed by atoms with Crippen LogP contribution in [0.1, 0.15) is 67.2 Å². The first-order valence-electron chi connectivity index (χ1n) is 9.58. The van der Waals surface area contributed by atoms with Crippen molar-refractivity contribution in [1.82, 2.24) is 0 Å². The van der Waals surface area contributed by atoms with E-state index in [9.17, 15) is 9.59 Å². The lowest BCUT2D eigenvalue weighted by atomic mass is 10.1. The van der Waals surface area contributed by atoms with Crippen LogP contribution in [-0.2, 0) is 23.7 Å². The Morgan fingerprint density at radius 2 is 1.37 bits per heavy atom. The molecule has 0 heterocycles. The molecule has 0 bridgehead atoms. The second-order valence-electron chi connectivity index (χ2n) is 7.92. The monoisotopic (exact) mass is 390 g/mol. The Morgan fingerprint density at radius 1 is 0.889 bits per heavy atom. The van der Waals surface area contributed by atoms with Crippen LogP contribution in [0, 0.1) is 0 Å². The van der Waals surface area contributed by atoms with E-state index >= 15 is 0 Å². The first-order chi connectivity index (χ1) is 12.4. The van der Waals surface area contributed by atoms with Gasteiger partial charge in [0.05, 0.1) is 12.7 Å². The highest BCUT2D eigenvalue weighted by molar-refractivity contribution is 5.78. The van der Waals surface area contributed by atoms with Gasteiger partial charge in [0, 0.05) is 0 Å². The molecule has 8 nitrogen and oxygen atoms in total. The van der Waals surface area contributed by atoms with E-state index in [0.717, 1.165) is 12.8 Å². The number of hydrogen-bond acceptors (Lipinski definition) is 8. The summed E-state index contributed by atoms with van der Waals surface area (Å²) in [5.41, 5.74) is 8.76. The zero-order chi connectivity index (χ0) is 21.1. The maximum absolute atomic E-state index is 12.3. The maximum Gasteiger partial charge on any atom is 0.509 e. The summed E-state index contributed by atoms with van der Waals surface area (Å²) < 4.78 is 21.6. The number of carbonyl (C=O) groups excluding carboxylic acids is 2. The summed E-state index contributed by atoms with van der Waals surface area (Å²) in [4.78, 5) is 24.2. The van der Waals surface area contributed by atoms with Crippen molar-refractivity contribution in [2.24, 2.45) is 11.5 Å². The summed E-state index contributed by atoms with van der Waals surface area (Å²) in [6, 6.07) is 0. The SMILES string of the molecule is CC(CCCN)OC(=O)OC(C)(C)COC(C)(C)C(=O)OC(C)CCCN. The van der Waals surface area contributed by atoms with E-state index in [-0.39, 0.29) is 18.8 Å². The van der Waals surface area contributed by atoms with Gasteiger partial charge in [-0.1, -0.05) is 0 Å². The van der Waals surface area contributed by atoms with Crippen molar-refractivity contribution in [1.29, 1.82) is 0 Å². The topological polar surface area (TPSA) is 123 Å². The van der Waals surface area contributed by atoms with E-state index in [0.29, 0.717) is 25.9 Å². The molecule has 4 N–H and O–H groups in total. The molecule has 0 rings (SSSR count). The third kappa shape index (κ3) is 11.8. The molecular formula is C19H38N2O6. The standard InChI is InChI=1S/C19H38N2O6/c1-14(9-7-11-20)25-16(22)19(5,6)24-13-18(3,4)27-17(23)26-15(2)10-8-12-21/h14-15H,7-13,20-21H2,1-6H3. The second kappa shape index (κ2) is 12.2. The molecule has 0 spiro atoms. The van der Waals surface area contributed by atoms with Gasteiger partial charge in [0.1, 0.15) is 11.7 Å². The van der Waals surface area contributed by atoms with Gasteiger partial charge in [-0.25, -0.2) is 9.59 Å². The predicted octanol–water partition coefficient (Wildman–Crippen LogP) is 2.51. The average Bonchev–Trinajstić information content (AvgIpc) is 2.55. The highest BCUT2D eigenvalue weighted by atomic mass is 16.7. The molecule has 0 aromatic carbocycles. The quantitative estimate of drug-likeness (QED) is 0.460. The van der Waals surface area contributed by atoms with Crippen LogP contribution in [0.4, 0.5) is 4.79 Å². The van der Waals surface area contributed by atoms with E-state index < -0.39 is 23.3 Å². The maximum atomic E-state index is 12.3. The minimum absolute atomic E-state index is 0.0125. The molecule has 0 aromatic rings. The van der Waals surface area contributed by atoms with Crippen LogP contribution in [0.25, 0.3) is 0 Å². The number of ether oxygens (including phenoxy) is 4. The largest absolute Gasteiger partial charge is 0.509 e. The summed E-state index contributed by atoms with van der Waals surface area (Å²) in [5, 5.41) is 0. The van der Waals surface area contributed by atoms with Crippen molar-refractivity contribution in [3.05, 3.63) is 0 Å². The summed E-state index contributed by atoms with van der Waals surface area (Å²) >= 11 is 0. The number of nitrogens with two attached hydrogens (primary N) is 2. The lowest BCUT2D eigenvalue weighted by Crippen LogP contribution is -2.44. The third-order valence-corrected chi connectivity index (χ3v) is 3.87. The van der Waals surface area contributed by atoms with Crippen LogP contribution in [0.3, 0.4) is 0 Å². The van der Waals surface area contributed by atoms with Gasteiger partial charge >= 0.3 is 12.1 Å². The van der Waals surface area contributed by atoms with Gasteiger partial charge in [0.2, 0.25) is 0 Å². The molecule has 2 atom stereocenters. The van der Waals surface area contributed by atoms with Gasteiger partial charge < -0.3 is 30.4 Å². The molecule has 0 aliphatic heterocycles. The van der Waals surface area contributed by atoms with E-state index in [1.165, 1.54) is 0 Å². The minimum atomic E-state index is -1.17. The second-order valence-corrected chi connectivity index (χ2v) is 7.92. The van der Waals surface area contributed by atoms with Gasteiger partial charge in [-0.3, -0.25) is 0 Å². The summed E-state index contributed by atoms with van der Waals surface area (Å²) in [6.45, 7) is 11.3. The number of rotatable bonds is 13. The van der Waals surface area contributed by atoms with Crippen molar-refractivity contribution in [2.75, 3.05) is 19.7 Å². The van der Waals surface area contributed by atoms with Crippen molar-refractivity contribution < 1.29 is 28.5 Å². The Kier molecular flexibility index (Phi) is 11.5. The molecule has 0 radical (unpaired) electrons. The molecule has 0 aliphatic rings. The van der Waals surface area contributed by atoms with Crippen molar-refractivity contribution in [3.8, 4) is 0 Å². The normalized spacial score (nSPS) is 14.4. The molecule has 2 unspecified atom stereocenters. The molecule has 27 heavy (non-hydrogen) atoms. The Balaban J connectivity index is 4.46. The van der Waals surface area contributed by atoms with Crippen LogP contribution < -0.4 is 11.5 Å². The first-order valence-corrected chi connectivity index (χ1v) is 9.58. The average molecular weight is 391 g/mol. The Bertz CT molecular complexity index is 453. The Morgan fingerprint density at radius 3 is 1.85 bits per heavy atom. The van der Waals surface area contributed by atoms with Crippen LogP contribution in [0.15, 0.2) is 0 Å². The lowest BCUT2D eigenvalue weighted by molar-refractivity contribution is -0.180. The minimum Gasteiger partial charge on any atom is -0.461 e. The highest BCUT2D eigenvalue weighted by Gasteiger charge is 2.35. The van der Waals surface area contributed by atoms with Crippen molar-refractivity contribution in [3.63, 3.8) is 0 Å². The molecule has 0 aromatic heterocycles. The highest BCUT2D eigenvalue weighted by Crippen LogP contribution is 2.20. The predicted molar refractivity (Wildman–Crippen MR) is 103 cm³/mol. The zero-order valence-corrected chi connectivity index (χ0v) is 17.7. The fourth-order valence-corrected chi connectivity index (χ4v) is 2.11. The fraction of sp³-hybridized carbons (Fsp3) is 0.895.